The first kappa shape index (κ1) is 10.4. The van der Waals surface area contributed by atoms with Gasteiger partial charge in [0.2, 0.25) is 5.91 Å². The van der Waals surface area contributed by atoms with Crippen LogP contribution in [0, 0.1) is 0 Å². The molecule has 84 valence electrons. The van der Waals surface area contributed by atoms with Crippen LogP contribution >= 0.6 is 0 Å². The summed E-state index contributed by atoms with van der Waals surface area (Å²) >= 11 is 0. The van der Waals surface area contributed by atoms with Gasteiger partial charge in [0, 0.05) is 12.6 Å². The lowest BCUT2D eigenvalue weighted by molar-refractivity contribution is -0.159. The number of ether oxygens (including phenoxy) is 1. The van der Waals surface area contributed by atoms with E-state index < -0.39 is 5.97 Å². The first-order valence-electron chi connectivity index (χ1n) is 5.29. The zero-order valence-corrected chi connectivity index (χ0v) is 8.52. The molecule has 1 N–H and O–H groups in total. The van der Waals surface area contributed by atoms with Crippen molar-refractivity contribution in [2.45, 2.75) is 37.8 Å². The van der Waals surface area contributed by atoms with E-state index in [1.807, 2.05) is 0 Å². The Morgan fingerprint density at radius 2 is 2.27 bits per heavy atom. The van der Waals surface area contributed by atoms with Crippen molar-refractivity contribution in [2.24, 2.45) is 0 Å². The number of hydrogen-bond donors (Lipinski definition) is 1. The van der Waals surface area contributed by atoms with E-state index in [0.29, 0.717) is 12.6 Å². The van der Waals surface area contributed by atoms with Crippen molar-refractivity contribution in [2.75, 3.05) is 13.2 Å². The molecule has 1 heterocycles. The molecule has 0 bridgehead atoms. The molecule has 1 aliphatic carbocycles. The molecule has 2 fully saturated rings. The van der Waals surface area contributed by atoms with Crippen molar-refractivity contribution in [1.29, 1.82) is 0 Å². The minimum Gasteiger partial charge on any atom is -0.481 e. The van der Waals surface area contributed by atoms with E-state index in [0.717, 1.165) is 12.8 Å². The molecule has 1 saturated carbocycles. The Balaban J connectivity index is 1.91. The third-order valence-corrected chi connectivity index (χ3v) is 3.08. The second-order valence-electron chi connectivity index (χ2n) is 4.16. The van der Waals surface area contributed by atoms with Gasteiger partial charge in [-0.3, -0.25) is 9.59 Å². The van der Waals surface area contributed by atoms with Crippen LogP contribution in [0.25, 0.3) is 0 Å². The van der Waals surface area contributed by atoms with Crippen LogP contribution in [0.1, 0.15) is 25.7 Å². The fourth-order valence-corrected chi connectivity index (χ4v) is 2.02. The Labute approximate surface area is 88.0 Å². The van der Waals surface area contributed by atoms with Crippen LogP contribution < -0.4 is 0 Å². The van der Waals surface area contributed by atoms with Crippen LogP contribution in [0.3, 0.4) is 0 Å². The highest BCUT2D eigenvalue weighted by Crippen LogP contribution is 2.27. The van der Waals surface area contributed by atoms with Crippen molar-refractivity contribution < 1.29 is 19.4 Å². The number of rotatable bonds is 3. The van der Waals surface area contributed by atoms with Gasteiger partial charge in [0.15, 0.2) is 0 Å². The molecule has 5 heteroatoms. The summed E-state index contributed by atoms with van der Waals surface area (Å²) in [5.74, 6) is -0.871. The Morgan fingerprint density at radius 3 is 2.80 bits per heavy atom. The highest BCUT2D eigenvalue weighted by Gasteiger charge is 2.34. The molecule has 0 spiro atoms. The molecule has 2 aliphatic rings. The Bertz CT molecular complexity index is 275. The van der Waals surface area contributed by atoms with Gasteiger partial charge >= 0.3 is 5.97 Å². The number of morpholine rings is 1. The largest absolute Gasteiger partial charge is 0.481 e. The quantitative estimate of drug-likeness (QED) is 0.729. The van der Waals surface area contributed by atoms with E-state index in [4.69, 9.17) is 9.84 Å². The highest BCUT2D eigenvalue weighted by molar-refractivity contribution is 5.79. The summed E-state index contributed by atoms with van der Waals surface area (Å²) in [6, 6.07) is 0.331. The predicted octanol–water partition coefficient (Wildman–Crippen LogP) is 0.241. The molecule has 0 aromatic carbocycles. The number of carbonyl (C=O) groups excluding carboxylic acids is 1. The first-order chi connectivity index (χ1) is 7.16. The van der Waals surface area contributed by atoms with Crippen molar-refractivity contribution in [3.8, 4) is 0 Å². The van der Waals surface area contributed by atoms with E-state index in [1.54, 1.807) is 4.90 Å². The fourth-order valence-electron chi connectivity index (χ4n) is 2.02. The number of carboxylic acid groups (broad SMARTS) is 1. The smallest absolute Gasteiger partial charge is 0.306 e. The van der Waals surface area contributed by atoms with Gasteiger partial charge in [0.05, 0.1) is 12.5 Å². The summed E-state index contributed by atoms with van der Waals surface area (Å²) in [5.41, 5.74) is 0. The van der Waals surface area contributed by atoms with Crippen LogP contribution in [0.2, 0.25) is 0 Å². The summed E-state index contributed by atoms with van der Waals surface area (Å²) in [6.07, 6.45) is 2.91. The molecule has 15 heavy (non-hydrogen) atoms. The van der Waals surface area contributed by atoms with Crippen molar-refractivity contribution in [1.82, 2.24) is 4.90 Å². The molecule has 1 aliphatic heterocycles. The summed E-state index contributed by atoms with van der Waals surface area (Å²) < 4.78 is 5.18. The third kappa shape index (κ3) is 2.28. The maximum Gasteiger partial charge on any atom is 0.306 e. The van der Waals surface area contributed by atoms with Crippen molar-refractivity contribution in [3.05, 3.63) is 0 Å². The maximum atomic E-state index is 11.5. The SMILES string of the molecule is O=C(O)CC1CN(C2CCC2)C(=O)CO1. The minimum absolute atomic E-state index is 0.00124. The summed E-state index contributed by atoms with van der Waals surface area (Å²) in [4.78, 5) is 23.8. The van der Waals surface area contributed by atoms with E-state index >= 15 is 0 Å². The molecular formula is C10H15NO4. The Hall–Kier alpha value is -1.10. The number of amides is 1. The normalized spacial score (nSPS) is 27.6. The molecule has 1 atom stereocenters. The van der Waals surface area contributed by atoms with Crippen LogP contribution in [0.4, 0.5) is 0 Å². The topological polar surface area (TPSA) is 66.8 Å². The molecule has 5 nitrogen and oxygen atoms in total. The molecule has 0 aromatic rings. The summed E-state index contributed by atoms with van der Waals surface area (Å²) in [5, 5.41) is 8.64. The zero-order valence-electron chi connectivity index (χ0n) is 8.52. The zero-order chi connectivity index (χ0) is 10.8. The third-order valence-electron chi connectivity index (χ3n) is 3.08. The van der Waals surface area contributed by atoms with Gasteiger partial charge in [-0.2, -0.15) is 0 Å². The lowest BCUT2D eigenvalue weighted by Crippen LogP contribution is -2.53. The van der Waals surface area contributed by atoms with Crippen LogP contribution in [-0.4, -0.2) is 47.2 Å². The van der Waals surface area contributed by atoms with Crippen molar-refractivity contribution >= 4 is 11.9 Å². The molecular weight excluding hydrogens is 198 g/mol. The van der Waals surface area contributed by atoms with E-state index in [-0.39, 0.29) is 25.0 Å². The van der Waals surface area contributed by atoms with Crippen LogP contribution in [0.5, 0.6) is 0 Å². The number of aliphatic carboxylic acids is 1. The Kier molecular flexibility index (Phi) is 2.90. The van der Waals surface area contributed by atoms with E-state index in [1.165, 1.54) is 6.42 Å². The molecule has 0 aromatic heterocycles. The molecule has 1 saturated heterocycles. The molecule has 0 radical (unpaired) electrons. The Morgan fingerprint density at radius 1 is 1.53 bits per heavy atom. The monoisotopic (exact) mass is 213 g/mol. The highest BCUT2D eigenvalue weighted by atomic mass is 16.5. The van der Waals surface area contributed by atoms with Gasteiger partial charge < -0.3 is 14.7 Å². The number of carboxylic acids is 1. The second-order valence-corrected chi connectivity index (χ2v) is 4.16. The average molecular weight is 213 g/mol. The second kappa shape index (κ2) is 4.18. The van der Waals surface area contributed by atoms with Crippen molar-refractivity contribution in [3.63, 3.8) is 0 Å². The van der Waals surface area contributed by atoms with E-state index in [9.17, 15) is 9.59 Å². The van der Waals surface area contributed by atoms with E-state index in [2.05, 4.69) is 0 Å². The summed E-state index contributed by atoms with van der Waals surface area (Å²) in [7, 11) is 0. The maximum absolute atomic E-state index is 11.5. The molecule has 1 amide bonds. The fraction of sp³-hybridized carbons (Fsp3) is 0.800. The predicted molar refractivity (Wildman–Crippen MR) is 51.3 cm³/mol. The van der Waals surface area contributed by atoms with Gasteiger partial charge in [-0.05, 0) is 19.3 Å². The van der Waals surface area contributed by atoms with Crippen LogP contribution in [-0.2, 0) is 14.3 Å². The van der Waals surface area contributed by atoms with Gasteiger partial charge in [0.1, 0.15) is 6.61 Å². The van der Waals surface area contributed by atoms with Gasteiger partial charge in [-0.25, -0.2) is 0 Å². The lowest BCUT2D eigenvalue weighted by atomic mass is 9.90. The average Bonchev–Trinajstić information content (AvgIpc) is 2.07. The van der Waals surface area contributed by atoms with Gasteiger partial charge in [-0.1, -0.05) is 0 Å². The molecule has 2 rings (SSSR count). The summed E-state index contributed by atoms with van der Waals surface area (Å²) in [6.45, 7) is 0.476. The van der Waals surface area contributed by atoms with Gasteiger partial charge in [0.25, 0.3) is 0 Å². The first-order valence-corrected chi connectivity index (χ1v) is 5.29. The standard InChI is InChI=1S/C10H15NO4/c12-9-6-15-8(4-10(13)14)5-11(9)7-2-1-3-7/h7-8H,1-6H2,(H,13,14). The number of carbonyl (C=O) groups is 2. The van der Waals surface area contributed by atoms with Gasteiger partial charge in [-0.15, -0.1) is 0 Å². The number of hydrogen-bond acceptors (Lipinski definition) is 3. The number of nitrogens with zero attached hydrogens (tertiary/aromatic N) is 1. The lowest BCUT2D eigenvalue weighted by Gasteiger charge is -2.41. The minimum atomic E-state index is -0.872. The molecule has 1 unspecified atom stereocenters. The van der Waals surface area contributed by atoms with Crippen LogP contribution in [0.15, 0.2) is 0 Å².